The lowest BCUT2D eigenvalue weighted by Gasteiger charge is -2.32. The second-order valence-electron chi connectivity index (χ2n) is 5.45. The van der Waals surface area contributed by atoms with Crippen LogP contribution >= 0.6 is 11.8 Å². The minimum absolute atomic E-state index is 0.00926. The maximum atomic E-state index is 12.1. The van der Waals surface area contributed by atoms with Crippen molar-refractivity contribution < 1.29 is 9.72 Å². The van der Waals surface area contributed by atoms with Crippen LogP contribution in [0.5, 0.6) is 0 Å². The Morgan fingerprint density at radius 2 is 2.04 bits per heavy atom. The molecule has 7 nitrogen and oxygen atoms in total. The molecule has 0 radical (unpaired) electrons. The Hall–Kier alpha value is -2.19. The number of hydrogen-bond donors (Lipinski definition) is 0. The zero-order valence-corrected chi connectivity index (χ0v) is 13.5. The van der Waals surface area contributed by atoms with Gasteiger partial charge in [0.25, 0.3) is 11.6 Å². The number of carbonyl (C=O) groups is 1. The predicted octanol–water partition coefficient (Wildman–Crippen LogP) is 1.81. The highest BCUT2D eigenvalue weighted by molar-refractivity contribution is 8.18. The van der Waals surface area contributed by atoms with Crippen LogP contribution < -0.4 is 0 Å². The fourth-order valence-electron chi connectivity index (χ4n) is 2.41. The molecule has 8 heteroatoms. The first-order chi connectivity index (χ1) is 11.0. The summed E-state index contributed by atoms with van der Waals surface area (Å²) in [6, 6.07) is 6.23. The quantitative estimate of drug-likeness (QED) is 0.467. The highest BCUT2D eigenvalue weighted by Crippen LogP contribution is 2.31. The Balaban J connectivity index is 1.74. The Bertz CT molecular complexity index is 708. The summed E-state index contributed by atoms with van der Waals surface area (Å²) in [5.74, 6) is -0.282. The topological polar surface area (TPSA) is 79.0 Å². The molecule has 120 valence electrons. The van der Waals surface area contributed by atoms with E-state index in [1.165, 1.54) is 23.9 Å². The molecule has 1 fully saturated rings. The fraction of sp³-hybridized carbons (Fsp3) is 0.333. The van der Waals surface area contributed by atoms with Gasteiger partial charge in [0.15, 0.2) is 5.17 Å². The van der Waals surface area contributed by atoms with Gasteiger partial charge in [0, 0.05) is 38.3 Å². The van der Waals surface area contributed by atoms with Crippen LogP contribution in [0, 0.1) is 10.1 Å². The molecular weight excluding hydrogens is 316 g/mol. The largest absolute Gasteiger partial charge is 0.348 e. The summed E-state index contributed by atoms with van der Waals surface area (Å²) < 4.78 is 0. The number of rotatable bonds is 2. The summed E-state index contributed by atoms with van der Waals surface area (Å²) in [6.07, 6.45) is 1.66. The maximum Gasteiger partial charge on any atom is 0.286 e. The molecule has 2 heterocycles. The van der Waals surface area contributed by atoms with Crippen molar-refractivity contribution in [2.45, 2.75) is 0 Å². The van der Waals surface area contributed by atoms with E-state index in [9.17, 15) is 14.9 Å². The van der Waals surface area contributed by atoms with Gasteiger partial charge in [0.1, 0.15) is 0 Å². The molecule has 0 aliphatic carbocycles. The van der Waals surface area contributed by atoms with Crippen LogP contribution in [-0.4, -0.2) is 59.0 Å². The number of carbonyl (C=O) groups excluding carboxylic acids is 1. The molecule has 3 rings (SSSR count). The number of nitro benzene ring substituents is 1. The Labute approximate surface area is 137 Å². The zero-order valence-electron chi connectivity index (χ0n) is 12.6. The highest BCUT2D eigenvalue weighted by Gasteiger charge is 2.27. The first-order valence-electron chi connectivity index (χ1n) is 7.23. The lowest BCUT2D eigenvalue weighted by atomic mass is 10.2. The number of thioether (sulfide) groups is 1. The zero-order chi connectivity index (χ0) is 16.4. The molecule has 0 spiro atoms. The van der Waals surface area contributed by atoms with E-state index in [1.807, 2.05) is 0 Å². The number of non-ortho nitro benzene ring substituents is 1. The van der Waals surface area contributed by atoms with Gasteiger partial charge in [-0.05, 0) is 30.4 Å². The van der Waals surface area contributed by atoms with Crippen molar-refractivity contribution in [3.63, 3.8) is 0 Å². The first kappa shape index (κ1) is 15.7. The van der Waals surface area contributed by atoms with E-state index in [1.54, 1.807) is 18.2 Å². The van der Waals surface area contributed by atoms with Gasteiger partial charge in [0.05, 0.1) is 9.83 Å². The molecule has 1 aromatic rings. The molecule has 2 aliphatic heterocycles. The number of benzene rings is 1. The molecule has 0 unspecified atom stereocenters. The van der Waals surface area contributed by atoms with E-state index < -0.39 is 4.92 Å². The van der Waals surface area contributed by atoms with Crippen LogP contribution in [0.2, 0.25) is 0 Å². The van der Waals surface area contributed by atoms with E-state index >= 15 is 0 Å². The smallest absolute Gasteiger partial charge is 0.286 e. The van der Waals surface area contributed by atoms with Crippen molar-refractivity contribution in [1.82, 2.24) is 9.80 Å². The number of piperazine rings is 1. The molecule has 1 aromatic carbocycles. The standard InChI is InChI=1S/C15H16N4O3S/c1-17-5-7-18(8-6-17)15-16-14(20)13(23-15)10-11-3-2-4-12(9-11)19(21)22/h2-4,9-10H,5-8H2,1H3/b13-10-. The molecule has 0 bridgehead atoms. The SMILES string of the molecule is CN1CCN(C2=NC(=O)/C(=C/c3cccc([N+](=O)[O-])c3)S2)CC1. The van der Waals surface area contributed by atoms with E-state index in [0.29, 0.717) is 10.5 Å². The predicted molar refractivity (Wildman–Crippen MR) is 90.2 cm³/mol. The number of amides is 1. The third-order valence-electron chi connectivity index (χ3n) is 3.76. The summed E-state index contributed by atoms with van der Waals surface area (Å²) in [4.78, 5) is 31.4. The monoisotopic (exact) mass is 332 g/mol. The van der Waals surface area contributed by atoms with Crippen molar-refractivity contribution in [2.24, 2.45) is 4.99 Å². The van der Waals surface area contributed by atoms with Gasteiger partial charge in [0.2, 0.25) is 0 Å². The van der Waals surface area contributed by atoms with Gasteiger partial charge in [-0.1, -0.05) is 12.1 Å². The molecule has 0 aromatic heterocycles. The average molecular weight is 332 g/mol. The van der Waals surface area contributed by atoms with Crippen molar-refractivity contribution in [3.05, 3.63) is 44.8 Å². The van der Waals surface area contributed by atoms with E-state index in [0.717, 1.165) is 31.3 Å². The lowest BCUT2D eigenvalue weighted by molar-refractivity contribution is -0.384. The summed E-state index contributed by atoms with van der Waals surface area (Å²) in [6.45, 7) is 3.58. The number of likely N-dealkylation sites (N-methyl/N-ethyl adjacent to an activating group) is 1. The number of nitro groups is 1. The minimum Gasteiger partial charge on any atom is -0.348 e. The van der Waals surface area contributed by atoms with Gasteiger partial charge in [-0.25, -0.2) is 0 Å². The molecule has 1 amide bonds. The van der Waals surface area contributed by atoms with Crippen molar-refractivity contribution in [3.8, 4) is 0 Å². The van der Waals surface area contributed by atoms with Crippen LogP contribution in [0.15, 0.2) is 34.2 Å². The Kier molecular flexibility index (Phi) is 4.44. The van der Waals surface area contributed by atoms with E-state index in [4.69, 9.17) is 0 Å². The Morgan fingerprint density at radius 1 is 1.30 bits per heavy atom. The van der Waals surface area contributed by atoms with Crippen LogP contribution in [0.4, 0.5) is 5.69 Å². The van der Waals surface area contributed by atoms with Crippen molar-refractivity contribution >= 4 is 34.6 Å². The van der Waals surface area contributed by atoms with Gasteiger partial charge >= 0.3 is 0 Å². The summed E-state index contributed by atoms with van der Waals surface area (Å²) in [5, 5.41) is 11.5. The van der Waals surface area contributed by atoms with Crippen molar-refractivity contribution in [2.75, 3.05) is 33.2 Å². The van der Waals surface area contributed by atoms with Gasteiger partial charge in [-0.2, -0.15) is 4.99 Å². The number of nitrogens with zero attached hydrogens (tertiary/aromatic N) is 4. The fourth-order valence-corrected chi connectivity index (χ4v) is 3.38. The summed E-state index contributed by atoms with van der Waals surface area (Å²) >= 11 is 1.33. The first-order valence-corrected chi connectivity index (χ1v) is 8.05. The molecule has 2 aliphatic rings. The minimum atomic E-state index is -0.447. The van der Waals surface area contributed by atoms with E-state index in [-0.39, 0.29) is 11.6 Å². The van der Waals surface area contributed by atoms with Crippen LogP contribution in [0.3, 0.4) is 0 Å². The van der Waals surface area contributed by atoms with Crippen LogP contribution in [0.1, 0.15) is 5.56 Å². The molecule has 0 atom stereocenters. The van der Waals surface area contributed by atoms with Crippen LogP contribution in [-0.2, 0) is 4.79 Å². The molecule has 1 saturated heterocycles. The second kappa shape index (κ2) is 6.51. The molecular formula is C15H16N4O3S. The second-order valence-corrected chi connectivity index (χ2v) is 6.46. The average Bonchev–Trinajstić information content (AvgIpc) is 2.89. The van der Waals surface area contributed by atoms with Gasteiger partial charge in [-0.3, -0.25) is 14.9 Å². The Morgan fingerprint density at radius 3 is 2.74 bits per heavy atom. The molecule has 23 heavy (non-hydrogen) atoms. The molecule has 0 N–H and O–H groups in total. The molecule has 0 saturated carbocycles. The maximum absolute atomic E-state index is 12.1. The van der Waals surface area contributed by atoms with Gasteiger partial charge < -0.3 is 9.80 Å². The third kappa shape index (κ3) is 3.59. The normalized spacial score (nSPS) is 20.9. The highest BCUT2D eigenvalue weighted by atomic mass is 32.2. The number of hydrogen-bond acceptors (Lipinski definition) is 6. The summed E-state index contributed by atoms with van der Waals surface area (Å²) in [7, 11) is 2.07. The third-order valence-corrected chi connectivity index (χ3v) is 4.81. The number of amidine groups is 1. The van der Waals surface area contributed by atoms with Gasteiger partial charge in [-0.15, -0.1) is 0 Å². The van der Waals surface area contributed by atoms with Crippen molar-refractivity contribution in [1.29, 1.82) is 0 Å². The van der Waals surface area contributed by atoms with Crippen LogP contribution in [0.25, 0.3) is 6.08 Å². The summed E-state index contributed by atoms with van der Waals surface area (Å²) in [5.41, 5.74) is 0.639. The van der Waals surface area contributed by atoms with E-state index in [2.05, 4.69) is 21.8 Å². The number of aliphatic imine (C=N–C) groups is 1. The lowest BCUT2D eigenvalue weighted by Crippen LogP contribution is -2.46.